The molecule has 0 spiro atoms. The van der Waals surface area contributed by atoms with E-state index < -0.39 is 6.10 Å². The molecule has 0 aromatic carbocycles. The van der Waals surface area contributed by atoms with Crippen molar-refractivity contribution >= 4 is 11.9 Å². The summed E-state index contributed by atoms with van der Waals surface area (Å²) in [5, 5.41) is 9.49. The van der Waals surface area contributed by atoms with Gasteiger partial charge in [0.25, 0.3) is 0 Å². The van der Waals surface area contributed by atoms with E-state index in [0.717, 1.165) is 44.9 Å². The van der Waals surface area contributed by atoms with Gasteiger partial charge in [-0.05, 0) is 57.8 Å². The lowest BCUT2D eigenvalue weighted by atomic mass is 10.1. The van der Waals surface area contributed by atoms with E-state index in [2.05, 4.69) is 38.2 Å². The molecule has 0 aromatic rings. The molecule has 0 radical (unpaired) electrons. The van der Waals surface area contributed by atoms with Crippen LogP contribution in [0.1, 0.15) is 168 Å². The highest BCUT2D eigenvalue weighted by atomic mass is 16.6. The van der Waals surface area contributed by atoms with Crippen LogP contribution in [0.4, 0.5) is 0 Å². The van der Waals surface area contributed by atoms with Gasteiger partial charge in [-0.15, -0.1) is 0 Å². The average Bonchev–Trinajstić information content (AvgIpc) is 2.96. The molecule has 0 unspecified atom stereocenters. The summed E-state index contributed by atoms with van der Waals surface area (Å²) in [6.07, 6.45) is 35.1. The van der Waals surface area contributed by atoms with E-state index in [-0.39, 0.29) is 25.2 Å². The number of rotatable bonds is 30. The number of allylic oxidation sites excluding steroid dienone is 4. The first kappa shape index (κ1) is 38.4. The highest BCUT2D eigenvalue weighted by Crippen LogP contribution is 2.12. The first-order valence-electron chi connectivity index (χ1n) is 16.9. The summed E-state index contributed by atoms with van der Waals surface area (Å²) in [5.74, 6) is -0.608. The molecule has 0 aliphatic rings. The van der Waals surface area contributed by atoms with Crippen molar-refractivity contribution in [3.05, 3.63) is 24.3 Å². The molecule has 0 rings (SSSR count). The molecule has 0 aromatic heterocycles. The molecule has 0 bridgehead atoms. The minimum absolute atomic E-state index is 0.0694. The van der Waals surface area contributed by atoms with Gasteiger partial charge in [0.05, 0.1) is 6.61 Å². The summed E-state index contributed by atoms with van der Waals surface area (Å²) >= 11 is 0. The van der Waals surface area contributed by atoms with E-state index in [1.807, 2.05) is 0 Å². The third-order valence-electron chi connectivity index (χ3n) is 7.22. The summed E-state index contributed by atoms with van der Waals surface area (Å²) in [4.78, 5) is 24.1. The van der Waals surface area contributed by atoms with Crippen LogP contribution in [0.25, 0.3) is 0 Å². The maximum atomic E-state index is 12.1. The number of aliphatic hydroxyl groups is 1. The Kier molecular flexibility index (Phi) is 30.6. The molecule has 5 nitrogen and oxygen atoms in total. The molecule has 40 heavy (non-hydrogen) atoms. The maximum Gasteiger partial charge on any atom is 0.306 e. The minimum Gasteiger partial charge on any atom is -0.462 e. The Labute approximate surface area is 247 Å². The van der Waals surface area contributed by atoms with E-state index in [9.17, 15) is 14.7 Å². The fourth-order valence-electron chi connectivity index (χ4n) is 4.59. The van der Waals surface area contributed by atoms with Crippen molar-refractivity contribution in [3.63, 3.8) is 0 Å². The Balaban J connectivity index is 3.58. The molecule has 0 aliphatic carbocycles. The molecule has 0 saturated heterocycles. The van der Waals surface area contributed by atoms with Gasteiger partial charge in [-0.3, -0.25) is 9.59 Å². The second-order valence-corrected chi connectivity index (χ2v) is 11.2. The van der Waals surface area contributed by atoms with Crippen LogP contribution in [0.15, 0.2) is 24.3 Å². The number of hydrogen-bond acceptors (Lipinski definition) is 5. The van der Waals surface area contributed by atoms with Gasteiger partial charge in [-0.25, -0.2) is 0 Å². The van der Waals surface area contributed by atoms with Crippen molar-refractivity contribution in [3.8, 4) is 0 Å². The minimum atomic E-state index is -0.771. The monoisotopic (exact) mass is 564 g/mol. The Morgan fingerprint density at radius 1 is 0.550 bits per heavy atom. The number of hydrogen-bond donors (Lipinski definition) is 1. The van der Waals surface area contributed by atoms with Gasteiger partial charge in [-0.2, -0.15) is 0 Å². The lowest BCUT2D eigenvalue weighted by Gasteiger charge is -2.15. The second kappa shape index (κ2) is 31.9. The molecule has 0 saturated carbocycles. The second-order valence-electron chi connectivity index (χ2n) is 11.2. The Morgan fingerprint density at radius 2 is 0.950 bits per heavy atom. The van der Waals surface area contributed by atoms with Gasteiger partial charge in [-0.1, -0.05) is 122 Å². The lowest BCUT2D eigenvalue weighted by molar-refractivity contribution is -0.161. The number of ether oxygens (including phenoxy) is 2. The average molecular weight is 565 g/mol. The number of esters is 2. The van der Waals surface area contributed by atoms with Gasteiger partial charge in [0.2, 0.25) is 0 Å². The molecule has 0 aliphatic heterocycles. The third-order valence-corrected chi connectivity index (χ3v) is 7.22. The standard InChI is InChI=1S/C35H64O5/c1-3-5-7-9-11-13-15-16-17-18-20-21-23-25-27-29-34(37)39-32-33(31-36)40-35(38)30-28-26-24-22-19-14-12-10-8-6-4-2/h10,12-13,15,33,36H,3-9,11,14,16-32H2,1-2H3/t33-/m0/s1. The van der Waals surface area contributed by atoms with Crippen molar-refractivity contribution in [1.29, 1.82) is 0 Å². The topological polar surface area (TPSA) is 72.8 Å². The van der Waals surface area contributed by atoms with Crippen LogP contribution in [-0.2, 0) is 19.1 Å². The zero-order valence-corrected chi connectivity index (χ0v) is 26.4. The van der Waals surface area contributed by atoms with Gasteiger partial charge in [0, 0.05) is 12.8 Å². The third kappa shape index (κ3) is 29.4. The molecule has 0 heterocycles. The van der Waals surface area contributed by atoms with Crippen LogP contribution in [0.5, 0.6) is 0 Å². The van der Waals surface area contributed by atoms with Crippen molar-refractivity contribution in [2.24, 2.45) is 0 Å². The summed E-state index contributed by atoms with van der Waals surface area (Å²) in [5.41, 5.74) is 0. The molecule has 1 atom stereocenters. The van der Waals surface area contributed by atoms with E-state index >= 15 is 0 Å². The van der Waals surface area contributed by atoms with E-state index in [1.54, 1.807) is 0 Å². The molecule has 5 heteroatoms. The van der Waals surface area contributed by atoms with Crippen LogP contribution >= 0.6 is 0 Å². The smallest absolute Gasteiger partial charge is 0.306 e. The van der Waals surface area contributed by atoms with E-state index in [0.29, 0.717) is 12.8 Å². The number of carbonyl (C=O) groups excluding carboxylic acids is 2. The van der Waals surface area contributed by atoms with Crippen LogP contribution in [0.3, 0.4) is 0 Å². The van der Waals surface area contributed by atoms with Gasteiger partial charge in [0.15, 0.2) is 6.10 Å². The van der Waals surface area contributed by atoms with Crippen molar-refractivity contribution < 1.29 is 24.2 Å². The van der Waals surface area contributed by atoms with E-state index in [4.69, 9.17) is 9.47 Å². The Bertz CT molecular complexity index is 613. The normalized spacial score (nSPS) is 12.4. The van der Waals surface area contributed by atoms with E-state index in [1.165, 1.54) is 96.3 Å². The van der Waals surface area contributed by atoms with Crippen molar-refractivity contribution in [1.82, 2.24) is 0 Å². The highest BCUT2D eigenvalue weighted by molar-refractivity contribution is 5.70. The fraction of sp³-hybridized carbons (Fsp3) is 0.829. The lowest BCUT2D eigenvalue weighted by Crippen LogP contribution is -2.28. The maximum absolute atomic E-state index is 12.1. The van der Waals surface area contributed by atoms with Crippen molar-refractivity contribution in [2.75, 3.05) is 13.2 Å². The first-order valence-corrected chi connectivity index (χ1v) is 16.9. The summed E-state index contributed by atoms with van der Waals surface area (Å²) in [6, 6.07) is 0. The van der Waals surface area contributed by atoms with Gasteiger partial charge >= 0.3 is 11.9 Å². The fourth-order valence-corrected chi connectivity index (χ4v) is 4.59. The van der Waals surface area contributed by atoms with Crippen LogP contribution in [-0.4, -0.2) is 36.4 Å². The SMILES string of the molecule is CCCCC=CCCCCCCCC(=O)O[C@@H](CO)COC(=O)CCCCCCCCCC=CCCCCCC. The predicted octanol–water partition coefficient (Wildman–Crippen LogP) is 9.95. The Morgan fingerprint density at radius 3 is 1.43 bits per heavy atom. The summed E-state index contributed by atoms with van der Waals surface area (Å²) < 4.78 is 10.5. The van der Waals surface area contributed by atoms with Gasteiger partial charge in [0.1, 0.15) is 6.61 Å². The molecule has 1 N–H and O–H groups in total. The number of carbonyl (C=O) groups is 2. The molecule has 0 amide bonds. The predicted molar refractivity (Wildman–Crippen MR) is 168 cm³/mol. The molecular weight excluding hydrogens is 500 g/mol. The summed E-state index contributed by atoms with van der Waals surface area (Å²) in [6.45, 7) is 4.06. The molecule has 0 fully saturated rings. The molecule has 234 valence electrons. The number of unbranched alkanes of at least 4 members (excludes halogenated alkanes) is 18. The van der Waals surface area contributed by atoms with Crippen LogP contribution < -0.4 is 0 Å². The Hall–Kier alpha value is -1.62. The van der Waals surface area contributed by atoms with Crippen LogP contribution in [0, 0.1) is 0 Å². The number of aliphatic hydroxyl groups excluding tert-OH is 1. The van der Waals surface area contributed by atoms with Crippen molar-refractivity contribution in [2.45, 2.75) is 174 Å². The zero-order chi connectivity index (χ0) is 29.4. The summed E-state index contributed by atoms with van der Waals surface area (Å²) in [7, 11) is 0. The van der Waals surface area contributed by atoms with Gasteiger partial charge < -0.3 is 14.6 Å². The highest BCUT2D eigenvalue weighted by Gasteiger charge is 2.16. The largest absolute Gasteiger partial charge is 0.462 e. The molecular formula is C35H64O5. The van der Waals surface area contributed by atoms with Crippen LogP contribution in [0.2, 0.25) is 0 Å². The first-order chi connectivity index (χ1) is 19.6. The quantitative estimate of drug-likeness (QED) is 0.0534. The zero-order valence-electron chi connectivity index (χ0n) is 26.4.